The summed E-state index contributed by atoms with van der Waals surface area (Å²) in [5.41, 5.74) is 4.01. The molecule has 0 radical (unpaired) electrons. The number of thiophene rings is 1. The van der Waals surface area contributed by atoms with Crippen molar-refractivity contribution in [1.29, 1.82) is 0 Å². The summed E-state index contributed by atoms with van der Waals surface area (Å²) in [4.78, 5) is 30.6. The average Bonchev–Trinajstić information content (AvgIpc) is 3.12. The van der Waals surface area contributed by atoms with E-state index in [-0.39, 0.29) is 5.56 Å². The molecule has 1 atom stereocenters. The topological polar surface area (TPSA) is 61.2 Å². The van der Waals surface area contributed by atoms with Crippen molar-refractivity contribution >= 4 is 27.5 Å². The Balaban J connectivity index is 1.95. The summed E-state index contributed by atoms with van der Waals surface area (Å²) in [6.45, 7) is 8.28. The number of nitrogens with zero attached hydrogens (tertiary/aromatic N) is 2. The second-order valence-electron chi connectivity index (χ2n) is 7.14. The van der Waals surface area contributed by atoms with Gasteiger partial charge in [-0.3, -0.25) is 9.36 Å². The first kappa shape index (κ1) is 20.3. The number of hydrogen-bond acceptors (Lipinski definition) is 5. The van der Waals surface area contributed by atoms with E-state index in [1.165, 1.54) is 33.4 Å². The summed E-state index contributed by atoms with van der Waals surface area (Å²) in [7, 11) is 0. The zero-order valence-electron chi connectivity index (χ0n) is 16.8. The molecule has 6 heteroatoms. The maximum Gasteiger partial charge on any atom is 0.328 e. The molecule has 0 aliphatic carbocycles. The van der Waals surface area contributed by atoms with Crippen LogP contribution in [0.2, 0.25) is 0 Å². The van der Waals surface area contributed by atoms with Crippen LogP contribution in [0.3, 0.4) is 0 Å². The zero-order valence-corrected chi connectivity index (χ0v) is 17.6. The van der Waals surface area contributed by atoms with E-state index in [9.17, 15) is 9.59 Å². The van der Waals surface area contributed by atoms with Crippen molar-refractivity contribution in [1.82, 2.24) is 9.55 Å². The highest BCUT2D eigenvalue weighted by Crippen LogP contribution is 2.31. The predicted molar refractivity (Wildman–Crippen MR) is 114 cm³/mol. The molecule has 0 bridgehead atoms. The lowest BCUT2D eigenvalue weighted by Gasteiger charge is -2.14. The van der Waals surface area contributed by atoms with Crippen LogP contribution in [0.15, 0.2) is 34.7 Å². The summed E-state index contributed by atoms with van der Waals surface area (Å²) in [5, 5.41) is 2.52. The van der Waals surface area contributed by atoms with Crippen LogP contribution in [0.4, 0.5) is 0 Å². The van der Waals surface area contributed by atoms with E-state index in [1.807, 2.05) is 11.4 Å². The largest absolute Gasteiger partial charge is 0.464 e. The number of esters is 1. The molecular weight excluding hydrogens is 372 g/mol. The fourth-order valence-corrected chi connectivity index (χ4v) is 4.01. The number of aromatic nitrogens is 2. The molecule has 0 unspecified atom stereocenters. The first-order chi connectivity index (χ1) is 13.4. The van der Waals surface area contributed by atoms with E-state index in [2.05, 4.69) is 37.9 Å². The summed E-state index contributed by atoms with van der Waals surface area (Å²) >= 11 is 1.44. The van der Waals surface area contributed by atoms with Gasteiger partial charge in [-0.05, 0) is 43.9 Å². The number of aryl methyl sites for hydroxylation is 2. The van der Waals surface area contributed by atoms with Crippen molar-refractivity contribution in [2.45, 2.75) is 53.0 Å². The van der Waals surface area contributed by atoms with Crippen LogP contribution < -0.4 is 5.56 Å². The Morgan fingerprint density at radius 1 is 1.25 bits per heavy atom. The smallest absolute Gasteiger partial charge is 0.328 e. The summed E-state index contributed by atoms with van der Waals surface area (Å²) in [6.07, 6.45) is 4.36. The molecule has 2 aromatic heterocycles. The van der Waals surface area contributed by atoms with E-state index in [4.69, 9.17) is 4.74 Å². The highest BCUT2D eigenvalue weighted by molar-refractivity contribution is 7.17. The van der Waals surface area contributed by atoms with E-state index in [0.29, 0.717) is 16.8 Å². The molecule has 0 saturated carbocycles. The standard InChI is InChI=1S/C22H26N2O3S/c1-5-6-7-10-27-22(26)16(4)24-13-23-20-19(21(24)25)18(12-28-20)17-9-8-14(2)15(3)11-17/h8-9,11-13,16H,5-7,10H2,1-4H3/t16-/m1/s1. The maximum atomic E-state index is 13.2. The summed E-state index contributed by atoms with van der Waals surface area (Å²) in [6, 6.07) is 5.45. The van der Waals surface area contributed by atoms with Crippen molar-refractivity contribution in [3.05, 3.63) is 51.4 Å². The number of unbranched alkanes of at least 4 members (excludes halogenated alkanes) is 2. The average molecular weight is 399 g/mol. The van der Waals surface area contributed by atoms with Gasteiger partial charge in [-0.15, -0.1) is 11.3 Å². The van der Waals surface area contributed by atoms with Gasteiger partial charge in [0.05, 0.1) is 18.3 Å². The number of fused-ring (bicyclic) bond motifs is 1. The van der Waals surface area contributed by atoms with Gasteiger partial charge in [-0.1, -0.05) is 38.0 Å². The second-order valence-corrected chi connectivity index (χ2v) is 7.99. The van der Waals surface area contributed by atoms with Gasteiger partial charge < -0.3 is 4.74 Å². The number of hydrogen-bond donors (Lipinski definition) is 0. The number of rotatable bonds is 7. The Bertz CT molecular complexity index is 1050. The molecule has 3 rings (SSSR count). The van der Waals surface area contributed by atoms with Crippen LogP contribution in [0.25, 0.3) is 21.3 Å². The number of carbonyl (C=O) groups excluding carboxylic acids is 1. The van der Waals surface area contributed by atoms with Crippen molar-refractivity contribution in [2.75, 3.05) is 6.61 Å². The predicted octanol–water partition coefficient (Wildman–Crippen LogP) is 5.04. The third-order valence-electron chi connectivity index (χ3n) is 5.09. The Morgan fingerprint density at radius 2 is 2.04 bits per heavy atom. The maximum absolute atomic E-state index is 13.2. The third kappa shape index (κ3) is 4.02. The second kappa shape index (κ2) is 8.69. The van der Waals surface area contributed by atoms with Crippen LogP contribution in [0, 0.1) is 13.8 Å². The molecule has 0 spiro atoms. The lowest BCUT2D eigenvalue weighted by Crippen LogP contribution is -2.29. The lowest BCUT2D eigenvalue weighted by molar-refractivity contribution is -0.147. The summed E-state index contributed by atoms with van der Waals surface area (Å²) in [5.74, 6) is -0.401. The zero-order chi connectivity index (χ0) is 20.3. The highest BCUT2D eigenvalue weighted by Gasteiger charge is 2.21. The van der Waals surface area contributed by atoms with Crippen LogP contribution in [0.5, 0.6) is 0 Å². The van der Waals surface area contributed by atoms with E-state index >= 15 is 0 Å². The highest BCUT2D eigenvalue weighted by atomic mass is 32.1. The molecule has 148 valence electrons. The minimum atomic E-state index is -0.710. The Morgan fingerprint density at radius 3 is 2.75 bits per heavy atom. The molecule has 5 nitrogen and oxygen atoms in total. The molecule has 28 heavy (non-hydrogen) atoms. The third-order valence-corrected chi connectivity index (χ3v) is 5.97. The summed E-state index contributed by atoms with van der Waals surface area (Å²) < 4.78 is 6.71. The molecule has 2 heterocycles. The van der Waals surface area contributed by atoms with Gasteiger partial charge in [-0.25, -0.2) is 9.78 Å². The molecule has 0 fully saturated rings. The Hall–Kier alpha value is -2.47. The minimum Gasteiger partial charge on any atom is -0.464 e. The van der Waals surface area contributed by atoms with E-state index < -0.39 is 12.0 Å². The molecule has 0 saturated heterocycles. The fourth-order valence-electron chi connectivity index (χ4n) is 3.10. The Labute approximate surface area is 169 Å². The first-order valence-electron chi connectivity index (χ1n) is 9.66. The van der Waals surface area contributed by atoms with Gasteiger partial charge in [0.25, 0.3) is 5.56 Å². The van der Waals surface area contributed by atoms with Crippen LogP contribution >= 0.6 is 11.3 Å². The van der Waals surface area contributed by atoms with Crippen molar-refractivity contribution < 1.29 is 9.53 Å². The Kier molecular flexibility index (Phi) is 6.29. The van der Waals surface area contributed by atoms with Crippen molar-refractivity contribution in [3.63, 3.8) is 0 Å². The van der Waals surface area contributed by atoms with Gasteiger partial charge in [-0.2, -0.15) is 0 Å². The monoisotopic (exact) mass is 398 g/mol. The molecule has 3 aromatic rings. The SMILES string of the molecule is CCCCCOC(=O)[C@@H](C)n1cnc2scc(-c3ccc(C)c(C)c3)c2c1=O. The molecule has 0 aliphatic rings. The van der Waals surface area contributed by atoms with E-state index in [1.54, 1.807) is 6.92 Å². The van der Waals surface area contributed by atoms with Gasteiger partial charge in [0.15, 0.2) is 0 Å². The van der Waals surface area contributed by atoms with Crippen molar-refractivity contribution in [2.24, 2.45) is 0 Å². The number of benzene rings is 1. The molecule has 0 N–H and O–H groups in total. The van der Waals surface area contributed by atoms with Crippen LogP contribution in [0.1, 0.15) is 50.3 Å². The first-order valence-corrected chi connectivity index (χ1v) is 10.5. The fraction of sp³-hybridized carbons (Fsp3) is 0.409. The van der Waals surface area contributed by atoms with Gasteiger partial charge in [0.1, 0.15) is 10.9 Å². The molecule has 0 amide bonds. The van der Waals surface area contributed by atoms with Crippen LogP contribution in [-0.2, 0) is 9.53 Å². The van der Waals surface area contributed by atoms with Gasteiger partial charge >= 0.3 is 5.97 Å². The van der Waals surface area contributed by atoms with Crippen LogP contribution in [-0.4, -0.2) is 22.1 Å². The van der Waals surface area contributed by atoms with Gasteiger partial charge in [0, 0.05) is 10.9 Å². The van der Waals surface area contributed by atoms with Gasteiger partial charge in [0.2, 0.25) is 0 Å². The normalized spacial score (nSPS) is 12.3. The number of ether oxygens (including phenoxy) is 1. The molecular formula is C22H26N2O3S. The van der Waals surface area contributed by atoms with Crippen molar-refractivity contribution in [3.8, 4) is 11.1 Å². The molecule has 0 aliphatic heterocycles. The lowest BCUT2D eigenvalue weighted by atomic mass is 10.0. The molecule has 1 aromatic carbocycles. The van der Waals surface area contributed by atoms with E-state index in [0.717, 1.165) is 30.4 Å². The number of carbonyl (C=O) groups is 1. The quantitative estimate of drug-likeness (QED) is 0.413. The minimum absolute atomic E-state index is 0.211.